The van der Waals surface area contributed by atoms with Gasteiger partial charge in [0.15, 0.2) is 5.96 Å². The van der Waals surface area contributed by atoms with Crippen molar-refractivity contribution in [3.63, 3.8) is 0 Å². The molecular weight excluding hydrogens is 542 g/mol. The third-order valence-electron chi connectivity index (χ3n) is 6.81. The molecule has 14 nitrogen and oxygen atoms in total. The van der Waals surface area contributed by atoms with E-state index in [2.05, 4.69) is 20.9 Å². The molecule has 0 aliphatic carbocycles. The van der Waals surface area contributed by atoms with Gasteiger partial charge in [0.25, 0.3) is 0 Å². The number of nitrogens with one attached hydrogen (secondary N) is 3. The highest BCUT2D eigenvalue weighted by molar-refractivity contribution is 5.95. The molecule has 14 heteroatoms. The highest BCUT2D eigenvalue weighted by atomic mass is 16.2. The van der Waals surface area contributed by atoms with Crippen LogP contribution in [0.1, 0.15) is 51.5 Å². The van der Waals surface area contributed by atoms with Crippen LogP contribution in [0, 0.1) is 5.92 Å². The topological polar surface area (TPSA) is 241 Å². The highest BCUT2D eigenvalue weighted by Gasteiger charge is 2.38. The van der Waals surface area contributed by atoms with Gasteiger partial charge in [-0.1, -0.05) is 44.2 Å². The molecule has 0 bridgehead atoms. The molecule has 1 aromatic carbocycles. The summed E-state index contributed by atoms with van der Waals surface area (Å²) in [7, 11) is 0. The van der Waals surface area contributed by atoms with E-state index in [0.29, 0.717) is 38.6 Å². The van der Waals surface area contributed by atoms with Gasteiger partial charge in [-0.15, -0.1) is 0 Å². The Kier molecular flexibility index (Phi) is 13.7. The summed E-state index contributed by atoms with van der Waals surface area (Å²) in [6.45, 7) is 4.00. The Morgan fingerprint density at radius 2 is 1.67 bits per heavy atom. The van der Waals surface area contributed by atoms with Gasteiger partial charge in [0, 0.05) is 13.1 Å². The second-order valence-electron chi connectivity index (χ2n) is 10.9. The molecule has 1 fully saturated rings. The summed E-state index contributed by atoms with van der Waals surface area (Å²) in [6, 6.07) is 5.66. The van der Waals surface area contributed by atoms with E-state index in [4.69, 9.17) is 22.9 Å². The SMILES string of the molecule is CC(C)C[C@H](NC(=O)[C@H](N)Cc1ccccc1)C(=O)N[C@@H](CCCN=C(N)N)C(=O)N1CCC[C@H]1C(=O)NCC(N)=O. The molecule has 1 aliphatic heterocycles. The Bertz CT molecular complexity index is 1110. The van der Waals surface area contributed by atoms with Crippen molar-refractivity contribution in [2.45, 2.75) is 76.5 Å². The van der Waals surface area contributed by atoms with E-state index in [1.807, 2.05) is 44.2 Å². The van der Waals surface area contributed by atoms with Gasteiger partial charge in [0.1, 0.15) is 18.1 Å². The van der Waals surface area contributed by atoms with Crippen LogP contribution >= 0.6 is 0 Å². The van der Waals surface area contributed by atoms with E-state index in [9.17, 15) is 24.0 Å². The van der Waals surface area contributed by atoms with Crippen LogP contribution in [0.25, 0.3) is 0 Å². The van der Waals surface area contributed by atoms with Crippen molar-refractivity contribution < 1.29 is 24.0 Å². The average Bonchev–Trinajstić information content (AvgIpc) is 3.42. The van der Waals surface area contributed by atoms with Crippen LogP contribution in [0.3, 0.4) is 0 Å². The zero-order valence-electron chi connectivity index (χ0n) is 24.4. The highest BCUT2D eigenvalue weighted by Crippen LogP contribution is 2.20. The summed E-state index contributed by atoms with van der Waals surface area (Å²) >= 11 is 0. The monoisotopic (exact) mass is 587 g/mol. The molecule has 4 atom stereocenters. The first-order valence-electron chi connectivity index (χ1n) is 14.2. The number of nitrogens with two attached hydrogens (primary N) is 4. The fourth-order valence-corrected chi connectivity index (χ4v) is 4.77. The third kappa shape index (κ3) is 11.4. The van der Waals surface area contributed by atoms with Crippen LogP contribution in [0.4, 0.5) is 0 Å². The minimum absolute atomic E-state index is 0.0410. The Morgan fingerprint density at radius 1 is 1.00 bits per heavy atom. The number of amides is 5. The van der Waals surface area contributed by atoms with Gasteiger partial charge in [-0.2, -0.15) is 0 Å². The average molecular weight is 588 g/mol. The number of primary amides is 1. The molecule has 0 unspecified atom stereocenters. The van der Waals surface area contributed by atoms with Gasteiger partial charge in [-0.25, -0.2) is 0 Å². The van der Waals surface area contributed by atoms with Gasteiger partial charge in [0.05, 0.1) is 12.6 Å². The summed E-state index contributed by atoms with van der Waals surface area (Å²) in [4.78, 5) is 69.3. The van der Waals surface area contributed by atoms with Crippen LogP contribution in [0.2, 0.25) is 0 Å². The molecule has 1 heterocycles. The molecule has 5 amide bonds. The number of carbonyl (C=O) groups excluding carboxylic acids is 5. The number of guanidine groups is 1. The predicted molar refractivity (Wildman–Crippen MR) is 158 cm³/mol. The van der Waals surface area contributed by atoms with E-state index in [1.165, 1.54) is 4.90 Å². The Morgan fingerprint density at radius 3 is 2.29 bits per heavy atom. The summed E-state index contributed by atoms with van der Waals surface area (Å²) in [5, 5.41) is 7.99. The van der Waals surface area contributed by atoms with Gasteiger partial charge in [0.2, 0.25) is 29.5 Å². The van der Waals surface area contributed by atoms with E-state index >= 15 is 0 Å². The molecule has 1 aromatic rings. The molecule has 42 heavy (non-hydrogen) atoms. The molecule has 232 valence electrons. The Labute approximate surface area is 246 Å². The number of aliphatic imine (C=N–C) groups is 1. The number of hydrogen-bond donors (Lipinski definition) is 7. The number of hydrogen-bond acceptors (Lipinski definition) is 7. The van der Waals surface area contributed by atoms with Crippen molar-refractivity contribution in [2.75, 3.05) is 19.6 Å². The zero-order valence-corrected chi connectivity index (χ0v) is 24.4. The van der Waals surface area contributed by atoms with Gasteiger partial charge in [-0.05, 0) is 50.0 Å². The molecule has 0 radical (unpaired) electrons. The van der Waals surface area contributed by atoms with Gasteiger partial charge < -0.3 is 43.8 Å². The number of carbonyl (C=O) groups is 5. The normalized spacial score (nSPS) is 16.7. The number of nitrogens with zero attached hydrogens (tertiary/aromatic N) is 2. The molecule has 0 spiro atoms. The van der Waals surface area contributed by atoms with Crippen molar-refractivity contribution in [3.05, 3.63) is 35.9 Å². The lowest BCUT2D eigenvalue weighted by Gasteiger charge is -2.30. The van der Waals surface area contributed by atoms with Crippen molar-refractivity contribution in [3.8, 4) is 0 Å². The molecular formula is C28H45N9O5. The molecule has 2 rings (SSSR count). The van der Waals surface area contributed by atoms with Gasteiger partial charge >= 0.3 is 0 Å². The van der Waals surface area contributed by atoms with Crippen LogP contribution in [0.15, 0.2) is 35.3 Å². The quantitative estimate of drug-likeness (QED) is 0.0660. The Hall–Kier alpha value is -4.20. The van der Waals surface area contributed by atoms with E-state index < -0.39 is 53.7 Å². The summed E-state index contributed by atoms with van der Waals surface area (Å²) in [5.74, 6) is -2.74. The minimum atomic E-state index is -1.01. The van der Waals surface area contributed by atoms with E-state index in [0.717, 1.165) is 5.56 Å². The molecule has 1 saturated heterocycles. The standard InChI is InChI=1S/C28H45N9O5/c1-17(2)14-21(36-24(39)19(29)15-18-8-4-3-5-9-18)25(40)35-20(10-6-12-33-28(31)32)27(42)37-13-7-11-22(37)26(41)34-16-23(30)38/h3-5,8-9,17,19-22H,6-7,10-16,29H2,1-2H3,(H2,30,38)(H,34,41)(H,35,40)(H,36,39)(H4,31,32,33)/t19-,20+,21+,22+/m1/s1. The van der Waals surface area contributed by atoms with E-state index in [-0.39, 0.29) is 31.4 Å². The molecule has 1 aliphatic rings. The lowest BCUT2D eigenvalue weighted by molar-refractivity contribution is -0.142. The maximum atomic E-state index is 13.7. The van der Waals surface area contributed by atoms with Gasteiger partial charge in [-0.3, -0.25) is 29.0 Å². The zero-order chi connectivity index (χ0) is 31.2. The summed E-state index contributed by atoms with van der Waals surface area (Å²) in [6.07, 6.45) is 2.12. The number of benzene rings is 1. The van der Waals surface area contributed by atoms with Crippen LogP contribution < -0.4 is 38.9 Å². The second kappa shape index (κ2) is 16.9. The number of rotatable bonds is 16. The third-order valence-corrected chi connectivity index (χ3v) is 6.81. The first-order chi connectivity index (χ1) is 19.9. The molecule has 11 N–H and O–H groups in total. The first-order valence-corrected chi connectivity index (χ1v) is 14.2. The Balaban J connectivity index is 2.18. The largest absolute Gasteiger partial charge is 0.370 e. The summed E-state index contributed by atoms with van der Waals surface area (Å²) in [5.41, 5.74) is 23.0. The second-order valence-corrected chi connectivity index (χ2v) is 10.9. The van der Waals surface area contributed by atoms with Crippen LogP contribution in [0.5, 0.6) is 0 Å². The van der Waals surface area contributed by atoms with Crippen molar-refractivity contribution in [2.24, 2.45) is 33.8 Å². The molecule has 0 saturated carbocycles. The fraction of sp³-hybridized carbons (Fsp3) is 0.571. The predicted octanol–water partition coefficient (Wildman–Crippen LogP) is -1.78. The van der Waals surface area contributed by atoms with E-state index in [1.54, 1.807) is 0 Å². The smallest absolute Gasteiger partial charge is 0.245 e. The van der Waals surface area contributed by atoms with Crippen LogP contribution in [-0.4, -0.2) is 84.2 Å². The fourth-order valence-electron chi connectivity index (χ4n) is 4.77. The lowest BCUT2D eigenvalue weighted by Crippen LogP contribution is -2.58. The molecule has 0 aromatic heterocycles. The minimum Gasteiger partial charge on any atom is -0.370 e. The first kappa shape index (κ1) is 34.0. The lowest BCUT2D eigenvalue weighted by atomic mass is 10.0. The maximum Gasteiger partial charge on any atom is 0.245 e. The van der Waals surface area contributed by atoms with Crippen molar-refractivity contribution in [1.82, 2.24) is 20.9 Å². The van der Waals surface area contributed by atoms with Crippen LogP contribution in [-0.2, 0) is 30.4 Å². The maximum absolute atomic E-state index is 13.7. The summed E-state index contributed by atoms with van der Waals surface area (Å²) < 4.78 is 0. The van der Waals surface area contributed by atoms with Crippen molar-refractivity contribution in [1.29, 1.82) is 0 Å². The number of likely N-dealkylation sites (tertiary alicyclic amines) is 1. The van der Waals surface area contributed by atoms with Crippen molar-refractivity contribution >= 4 is 35.5 Å².